The topological polar surface area (TPSA) is 93.3 Å². The molecule has 2 heterocycles. The smallest absolute Gasteiger partial charge is 0.400 e. The van der Waals surface area contributed by atoms with E-state index in [-0.39, 0.29) is 18.0 Å². The summed E-state index contributed by atoms with van der Waals surface area (Å²) >= 11 is 0. The van der Waals surface area contributed by atoms with Crippen molar-refractivity contribution in [1.29, 1.82) is 0 Å². The zero-order chi connectivity index (χ0) is 20.7. The van der Waals surface area contributed by atoms with Crippen molar-refractivity contribution < 1.29 is 14.1 Å². The molecule has 2 N–H and O–H groups in total. The Labute approximate surface area is 164 Å². The van der Waals surface area contributed by atoms with Crippen LogP contribution in [0.15, 0.2) is 28.5 Å². The van der Waals surface area contributed by atoms with Crippen molar-refractivity contribution in [1.82, 2.24) is 15.3 Å². The maximum absolute atomic E-state index is 12.3. The molecule has 1 fully saturated rings. The number of nitrogens with zero attached hydrogens (tertiary/aromatic N) is 1. The van der Waals surface area contributed by atoms with E-state index in [4.69, 9.17) is 9.31 Å². The highest BCUT2D eigenvalue weighted by Crippen LogP contribution is 2.38. The molecule has 1 aliphatic heterocycles. The Morgan fingerprint density at radius 2 is 1.89 bits per heavy atom. The molecule has 28 heavy (non-hydrogen) atoms. The Bertz CT molecular complexity index is 994. The highest BCUT2D eigenvalue weighted by Gasteiger charge is 2.52. The second kappa shape index (κ2) is 7.18. The van der Waals surface area contributed by atoms with E-state index in [1.807, 2.05) is 45.9 Å². The lowest BCUT2D eigenvalue weighted by Gasteiger charge is -2.32. The Hall–Kier alpha value is -2.45. The van der Waals surface area contributed by atoms with Crippen molar-refractivity contribution >= 4 is 30.0 Å². The van der Waals surface area contributed by atoms with Gasteiger partial charge in [0, 0.05) is 13.5 Å². The third kappa shape index (κ3) is 4.03. The van der Waals surface area contributed by atoms with Crippen molar-refractivity contribution in [3.8, 4) is 0 Å². The molecule has 3 rings (SSSR count). The Morgan fingerprint density at radius 3 is 2.50 bits per heavy atom. The van der Waals surface area contributed by atoms with E-state index in [9.17, 15) is 9.59 Å². The average molecular weight is 383 g/mol. The number of fused-ring (bicyclic) bond motifs is 1. The molecule has 1 aromatic heterocycles. The minimum absolute atomic E-state index is 0.142. The van der Waals surface area contributed by atoms with E-state index in [1.54, 1.807) is 13.0 Å². The summed E-state index contributed by atoms with van der Waals surface area (Å²) < 4.78 is 12.3. The molecule has 1 saturated heterocycles. The molecule has 0 radical (unpaired) electrons. The van der Waals surface area contributed by atoms with Crippen LogP contribution < -0.4 is 10.9 Å². The van der Waals surface area contributed by atoms with Crippen LogP contribution in [-0.2, 0) is 14.1 Å². The molecule has 1 aromatic carbocycles. The number of aromatic amines is 1. The summed E-state index contributed by atoms with van der Waals surface area (Å²) in [6.45, 7) is 11.4. The van der Waals surface area contributed by atoms with Crippen LogP contribution in [0.1, 0.15) is 46.0 Å². The van der Waals surface area contributed by atoms with Crippen LogP contribution in [0.3, 0.4) is 0 Å². The largest absolute Gasteiger partial charge is 0.492 e. The maximum atomic E-state index is 12.3. The molecular formula is C20H26BN3O4. The van der Waals surface area contributed by atoms with Crippen molar-refractivity contribution in [2.24, 2.45) is 0 Å². The van der Waals surface area contributed by atoms with Gasteiger partial charge in [-0.15, -0.1) is 0 Å². The van der Waals surface area contributed by atoms with Gasteiger partial charge in [-0.1, -0.05) is 12.1 Å². The van der Waals surface area contributed by atoms with Gasteiger partial charge in [-0.25, -0.2) is 4.98 Å². The normalized spacial score (nSPS) is 18.5. The molecule has 0 aliphatic carbocycles. The van der Waals surface area contributed by atoms with E-state index < -0.39 is 18.3 Å². The van der Waals surface area contributed by atoms with Gasteiger partial charge in [0.2, 0.25) is 5.91 Å². The van der Waals surface area contributed by atoms with E-state index >= 15 is 0 Å². The Kier molecular flexibility index (Phi) is 5.21. The fourth-order valence-electron chi connectivity index (χ4n) is 3.00. The van der Waals surface area contributed by atoms with Crippen molar-refractivity contribution in [3.05, 3.63) is 45.4 Å². The van der Waals surface area contributed by atoms with Gasteiger partial charge in [-0.05, 0) is 57.8 Å². The van der Waals surface area contributed by atoms with Gasteiger partial charge < -0.3 is 19.6 Å². The number of nitrogens with one attached hydrogen (secondary N) is 2. The lowest BCUT2D eigenvalue weighted by molar-refractivity contribution is -0.118. The third-order valence-corrected chi connectivity index (χ3v) is 5.30. The first-order chi connectivity index (χ1) is 13.0. The van der Waals surface area contributed by atoms with Crippen molar-refractivity contribution in [2.45, 2.75) is 52.7 Å². The van der Waals surface area contributed by atoms with E-state index in [0.29, 0.717) is 16.7 Å². The number of aryl methyl sites for hydroxylation is 1. The number of H-pyrrole nitrogens is 1. The van der Waals surface area contributed by atoms with Crippen LogP contribution in [0.2, 0.25) is 0 Å². The number of amides is 1. The van der Waals surface area contributed by atoms with Gasteiger partial charge in [-0.3, -0.25) is 9.59 Å². The molecule has 2 aromatic rings. The second-order valence-corrected chi connectivity index (χ2v) is 8.15. The highest BCUT2D eigenvalue weighted by molar-refractivity contribution is 6.56. The summed E-state index contributed by atoms with van der Waals surface area (Å²) in [6, 6.07) is 5.47. The van der Waals surface area contributed by atoms with E-state index in [0.717, 1.165) is 11.0 Å². The summed E-state index contributed by atoms with van der Waals surface area (Å²) in [4.78, 5) is 30.8. The van der Waals surface area contributed by atoms with Crippen LogP contribution in [-0.4, -0.2) is 40.7 Å². The number of rotatable bonds is 4. The van der Waals surface area contributed by atoms with Crippen LogP contribution in [0.5, 0.6) is 0 Å². The number of benzene rings is 1. The average Bonchev–Trinajstić information content (AvgIpc) is 2.79. The first-order valence-electron chi connectivity index (χ1n) is 9.30. The molecule has 1 aliphatic rings. The van der Waals surface area contributed by atoms with Crippen LogP contribution in [0.25, 0.3) is 17.0 Å². The van der Waals surface area contributed by atoms with Crippen LogP contribution >= 0.6 is 0 Å². The first-order valence-corrected chi connectivity index (χ1v) is 9.30. The maximum Gasteiger partial charge on any atom is 0.492 e. The number of hydrogen-bond donors (Lipinski definition) is 2. The standard InChI is InChI=1S/C20H26BN3O4/c1-12-23-17-8-7-14(10-16(17)18(26)24-12)9-15(11-22-13(2)25)21-27-19(3,4)20(5,6)28-21/h7-10H,11H2,1-6H3,(H,22,25)(H,23,24,26). The van der Waals surface area contributed by atoms with E-state index in [1.165, 1.54) is 6.92 Å². The fraction of sp³-hybridized carbons (Fsp3) is 0.450. The minimum atomic E-state index is -0.595. The molecule has 148 valence electrons. The molecular weight excluding hydrogens is 357 g/mol. The summed E-state index contributed by atoms with van der Waals surface area (Å²) in [6.07, 6.45) is 1.89. The van der Waals surface area contributed by atoms with Crippen LogP contribution in [0, 0.1) is 6.92 Å². The zero-order valence-electron chi connectivity index (χ0n) is 17.2. The Balaban J connectivity index is 2.01. The van der Waals surface area contributed by atoms with Crippen LogP contribution in [0.4, 0.5) is 0 Å². The third-order valence-electron chi connectivity index (χ3n) is 5.30. The molecule has 0 saturated carbocycles. The molecule has 7 nitrogen and oxygen atoms in total. The van der Waals surface area contributed by atoms with Gasteiger partial charge in [0.15, 0.2) is 0 Å². The summed E-state index contributed by atoms with van der Waals surface area (Å²) in [5.74, 6) is 0.432. The number of aromatic nitrogens is 2. The molecule has 0 spiro atoms. The predicted octanol–water partition coefficient (Wildman–Crippen LogP) is 2.38. The molecule has 0 atom stereocenters. The number of hydrogen-bond acceptors (Lipinski definition) is 5. The lowest BCUT2D eigenvalue weighted by atomic mass is 9.77. The monoisotopic (exact) mass is 383 g/mol. The Morgan fingerprint density at radius 1 is 1.25 bits per heavy atom. The molecule has 0 unspecified atom stereocenters. The lowest BCUT2D eigenvalue weighted by Crippen LogP contribution is -2.41. The van der Waals surface area contributed by atoms with Crippen molar-refractivity contribution in [2.75, 3.05) is 6.54 Å². The number of carbonyl (C=O) groups excluding carboxylic acids is 1. The van der Waals surface area contributed by atoms with Gasteiger partial charge in [0.05, 0.1) is 22.1 Å². The molecule has 1 amide bonds. The fourth-order valence-corrected chi connectivity index (χ4v) is 3.00. The predicted molar refractivity (Wildman–Crippen MR) is 110 cm³/mol. The van der Waals surface area contributed by atoms with E-state index in [2.05, 4.69) is 15.3 Å². The first kappa shape index (κ1) is 20.3. The SMILES string of the molecule is CC(=O)NCC(=Cc1ccc2nc(C)[nH]c(=O)c2c1)B1OC(C)(C)C(C)(C)O1. The van der Waals surface area contributed by atoms with Gasteiger partial charge >= 0.3 is 7.12 Å². The quantitative estimate of drug-likeness (QED) is 0.791. The summed E-state index contributed by atoms with van der Waals surface area (Å²) in [5, 5.41) is 3.31. The second-order valence-electron chi connectivity index (χ2n) is 8.15. The van der Waals surface area contributed by atoms with Gasteiger partial charge in [0.1, 0.15) is 5.82 Å². The summed E-state index contributed by atoms with van der Waals surface area (Å²) in [7, 11) is -0.595. The number of carbonyl (C=O) groups is 1. The van der Waals surface area contributed by atoms with Gasteiger partial charge in [0.25, 0.3) is 5.56 Å². The van der Waals surface area contributed by atoms with Gasteiger partial charge in [-0.2, -0.15) is 0 Å². The minimum Gasteiger partial charge on any atom is -0.400 e. The van der Waals surface area contributed by atoms with Crippen molar-refractivity contribution in [3.63, 3.8) is 0 Å². The zero-order valence-corrected chi connectivity index (χ0v) is 17.2. The molecule has 0 bridgehead atoms. The molecule has 8 heteroatoms. The summed E-state index contributed by atoms with van der Waals surface area (Å²) in [5.41, 5.74) is 1.04. The highest BCUT2D eigenvalue weighted by atomic mass is 16.7.